The molecule has 0 fully saturated rings. The number of aliphatic hydroxyl groups excluding tert-OH is 1. The Labute approximate surface area is 139 Å². The third-order valence-corrected chi connectivity index (χ3v) is 3.91. The molecule has 1 heterocycles. The molecule has 2 N–H and O–H groups in total. The third kappa shape index (κ3) is 4.12. The maximum atomic E-state index is 11.3. The number of hydrogen-bond acceptors (Lipinski definition) is 4. The first-order chi connectivity index (χ1) is 10.5. The van der Waals surface area contributed by atoms with Gasteiger partial charge in [-0.05, 0) is 25.0 Å². The molecule has 0 spiro atoms. The Morgan fingerprint density at radius 1 is 1.36 bits per heavy atom. The van der Waals surface area contributed by atoms with Crippen LogP contribution >= 0.6 is 23.2 Å². The molecule has 5 nitrogen and oxygen atoms in total. The highest BCUT2D eigenvalue weighted by molar-refractivity contribution is 6.37. The maximum Gasteiger partial charge on any atom is 0.240 e. The van der Waals surface area contributed by atoms with E-state index in [1.807, 2.05) is 6.92 Å². The van der Waals surface area contributed by atoms with Crippen LogP contribution in [0.4, 0.5) is 0 Å². The van der Waals surface area contributed by atoms with E-state index >= 15 is 0 Å². The fraction of sp³-hybridized carbons (Fsp3) is 0.467. The van der Waals surface area contributed by atoms with Crippen LogP contribution in [0.2, 0.25) is 10.0 Å². The third-order valence-electron chi connectivity index (χ3n) is 3.35. The van der Waals surface area contributed by atoms with E-state index in [0.717, 1.165) is 17.7 Å². The zero-order valence-corrected chi connectivity index (χ0v) is 13.7. The van der Waals surface area contributed by atoms with Gasteiger partial charge in [0.1, 0.15) is 0 Å². The lowest BCUT2D eigenvalue weighted by atomic mass is 9.94. The molecule has 1 aliphatic rings. The van der Waals surface area contributed by atoms with Gasteiger partial charge >= 0.3 is 0 Å². The van der Waals surface area contributed by atoms with Crippen LogP contribution in [0.25, 0.3) is 0 Å². The van der Waals surface area contributed by atoms with Crippen LogP contribution < -0.4 is 10.2 Å². The van der Waals surface area contributed by atoms with Crippen LogP contribution in [-0.4, -0.2) is 29.9 Å². The standard InChI is InChI=1S/C15H18Cl2N2O3/c1-9-6-13(21)18-19-14(9)10-7-11(16)15(12(17)8-10)22-5-3-2-4-20/h7-9,20H,2-6H2,1H3,(H,18,21). The van der Waals surface area contributed by atoms with E-state index in [1.165, 1.54) is 0 Å². The summed E-state index contributed by atoms with van der Waals surface area (Å²) in [6, 6.07) is 3.48. The lowest BCUT2D eigenvalue weighted by molar-refractivity contribution is -0.121. The van der Waals surface area contributed by atoms with Crippen molar-refractivity contribution in [1.82, 2.24) is 5.43 Å². The largest absolute Gasteiger partial charge is 0.490 e. The first-order valence-electron chi connectivity index (χ1n) is 7.12. The van der Waals surface area contributed by atoms with Gasteiger partial charge in [-0.1, -0.05) is 30.1 Å². The summed E-state index contributed by atoms with van der Waals surface area (Å²) < 4.78 is 5.57. The minimum atomic E-state index is -0.0997. The summed E-state index contributed by atoms with van der Waals surface area (Å²) in [5.74, 6) is 0.326. The van der Waals surface area contributed by atoms with E-state index in [2.05, 4.69) is 10.5 Å². The fourth-order valence-electron chi connectivity index (χ4n) is 2.24. The Kier molecular flexibility index (Phi) is 6.06. The number of aliphatic hydroxyl groups is 1. The predicted octanol–water partition coefficient (Wildman–Crippen LogP) is 3.00. The molecular weight excluding hydrogens is 327 g/mol. The molecule has 1 aromatic rings. The Morgan fingerprint density at radius 2 is 2.05 bits per heavy atom. The monoisotopic (exact) mass is 344 g/mol. The highest BCUT2D eigenvalue weighted by Crippen LogP contribution is 2.35. The van der Waals surface area contributed by atoms with E-state index in [1.54, 1.807) is 12.1 Å². The number of amides is 1. The second-order valence-corrected chi connectivity index (χ2v) is 6.00. The number of carbonyl (C=O) groups excluding carboxylic acids is 1. The molecule has 7 heteroatoms. The molecule has 1 aliphatic heterocycles. The first-order valence-corrected chi connectivity index (χ1v) is 7.88. The van der Waals surface area contributed by atoms with Gasteiger partial charge in [0.05, 0.1) is 22.4 Å². The Balaban J connectivity index is 2.17. The minimum absolute atomic E-state index is 0.00259. The molecular formula is C15H18Cl2N2O3. The number of carbonyl (C=O) groups is 1. The molecule has 0 saturated carbocycles. The average molecular weight is 345 g/mol. The molecule has 22 heavy (non-hydrogen) atoms. The lowest BCUT2D eigenvalue weighted by Crippen LogP contribution is -2.31. The molecule has 0 aliphatic carbocycles. The number of hydrogen-bond donors (Lipinski definition) is 2. The van der Waals surface area contributed by atoms with Crippen LogP contribution in [0.15, 0.2) is 17.2 Å². The van der Waals surface area contributed by atoms with Gasteiger partial charge in [-0.3, -0.25) is 4.79 Å². The summed E-state index contributed by atoms with van der Waals surface area (Å²) >= 11 is 12.5. The average Bonchev–Trinajstić information content (AvgIpc) is 2.45. The molecule has 0 radical (unpaired) electrons. The van der Waals surface area contributed by atoms with Crippen molar-refractivity contribution in [2.75, 3.05) is 13.2 Å². The normalized spacial score (nSPS) is 17.9. The molecule has 1 unspecified atom stereocenters. The van der Waals surface area contributed by atoms with Crippen molar-refractivity contribution in [3.8, 4) is 5.75 Å². The van der Waals surface area contributed by atoms with E-state index in [9.17, 15) is 4.79 Å². The number of rotatable bonds is 6. The molecule has 2 rings (SSSR count). The Bertz CT molecular complexity index is 567. The van der Waals surface area contributed by atoms with Gasteiger partial charge in [0.2, 0.25) is 5.91 Å². The highest BCUT2D eigenvalue weighted by Gasteiger charge is 2.23. The van der Waals surface area contributed by atoms with Gasteiger partial charge < -0.3 is 9.84 Å². The van der Waals surface area contributed by atoms with Crippen molar-refractivity contribution < 1.29 is 14.6 Å². The summed E-state index contributed by atoms with van der Waals surface area (Å²) in [4.78, 5) is 11.3. The number of benzene rings is 1. The number of nitrogens with zero attached hydrogens (tertiary/aromatic N) is 1. The summed E-state index contributed by atoms with van der Waals surface area (Å²) in [6.07, 6.45) is 1.77. The van der Waals surface area contributed by atoms with Gasteiger partial charge in [0.25, 0.3) is 0 Å². The molecule has 1 atom stereocenters. The van der Waals surface area contributed by atoms with Gasteiger partial charge in [-0.2, -0.15) is 5.10 Å². The van der Waals surface area contributed by atoms with Crippen LogP contribution in [0.3, 0.4) is 0 Å². The molecule has 0 saturated heterocycles. The first kappa shape index (κ1) is 17.1. The van der Waals surface area contributed by atoms with Crippen molar-refractivity contribution in [1.29, 1.82) is 0 Å². The second-order valence-electron chi connectivity index (χ2n) is 5.19. The van der Waals surface area contributed by atoms with Gasteiger partial charge in [-0.15, -0.1) is 0 Å². The van der Waals surface area contributed by atoms with Crippen molar-refractivity contribution >= 4 is 34.8 Å². The zero-order valence-electron chi connectivity index (χ0n) is 12.2. The van der Waals surface area contributed by atoms with Crippen LogP contribution in [-0.2, 0) is 4.79 Å². The van der Waals surface area contributed by atoms with Gasteiger partial charge in [0.15, 0.2) is 5.75 Å². The Morgan fingerprint density at radius 3 is 2.64 bits per heavy atom. The fourth-order valence-corrected chi connectivity index (χ4v) is 2.83. The maximum absolute atomic E-state index is 11.3. The molecule has 1 amide bonds. The zero-order chi connectivity index (χ0) is 16.1. The topological polar surface area (TPSA) is 70.9 Å². The quantitative estimate of drug-likeness (QED) is 0.779. The summed E-state index contributed by atoms with van der Waals surface area (Å²) in [7, 11) is 0. The van der Waals surface area contributed by atoms with Crippen LogP contribution in [0.5, 0.6) is 5.75 Å². The van der Waals surface area contributed by atoms with Gasteiger partial charge in [0, 0.05) is 24.5 Å². The number of unbranched alkanes of at least 4 members (excludes halogenated alkanes) is 1. The number of halogens is 2. The summed E-state index contributed by atoms with van der Waals surface area (Å²) in [6.45, 7) is 2.50. The number of hydrazone groups is 1. The van der Waals surface area contributed by atoms with E-state index < -0.39 is 0 Å². The van der Waals surface area contributed by atoms with E-state index in [4.69, 9.17) is 33.0 Å². The Hall–Kier alpha value is -1.30. The van der Waals surface area contributed by atoms with Crippen molar-refractivity contribution in [2.45, 2.75) is 26.2 Å². The van der Waals surface area contributed by atoms with Crippen molar-refractivity contribution in [3.63, 3.8) is 0 Å². The second kappa shape index (κ2) is 7.81. The van der Waals surface area contributed by atoms with Crippen LogP contribution in [0.1, 0.15) is 31.7 Å². The number of ether oxygens (including phenoxy) is 1. The molecule has 0 aromatic heterocycles. The van der Waals surface area contributed by atoms with Crippen molar-refractivity contribution in [3.05, 3.63) is 27.7 Å². The highest BCUT2D eigenvalue weighted by atomic mass is 35.5. The minimum Gasteiger partial charge on any atom is -0.490 e. The lowest BCUT2D eigenvalue weighted by Gasteiger charge is -2.20. The van der Waals surface area contributed by atoms with Crippen LogP contribution in [0, 0.1) is 5.92 Å². The smallest absolute Gasteiger partial charge is 0.240 e. The van der Waals surface area contributed by atoms with Gasteiger partial charge in [-0.25, -0.2) is 5.43 Å². The predicted molar refractivity (Wildman–Crippen MR) is 86.7 cm³/mol. The van der Waals surface area contributed by atoms with E-state index in [-0.39, 0.29) is 18.4 Å². The SMILES string of the molecule is CC1CC(=O)NN=C1c1cc(Cl)c(OCCCCO)c(Cl)c1. The molecule has 120 valence electrons. The van der Waals surface area contributed by atoms with Crippen molar-refractivity contribution in [2.24, 2.45) is 11.0 Å². The van der Waals surface area contributed by atoms with E-state index in [0.29, 0.717) is 35.2 Å². The molecule has 1 aromatic carbocycles. The summed E-state index contributed by atoms with van der Waals surface area (Å²) in [5, 5.41) is 13.6. The molecule has 0 bridgehead atoms. The number of nitrogens with one attached hydrogen (secondary N) is 1. The summed E-state index contributed by atoms with van der Waals surface area (Å²) in [5.41, 5.74) is 3.99.